The molecule has 2 bridgehead atoms. The number of anilines is 1. The quantitative estimate of drug-likeness (QED) is 0.903. The van der Waals surface area contributed by atoms with Crippen molar-refractivity contribution in [2.75, 3.05) is 31.6 Å². The van der Waals surface area contributed by atoms with Gasteiger partial charge >= 0.3 is 0 Å². The SMILES string of the molecule is COc1cc(N2CC3CC(C(=O)C4CC4)(CN3)C2)ccn1. The van der Waals surface area contributed by atoms with Crippen LogP contribution in [-0.2, 0) is 4.79 Å². The van der Waals surface area contributed by atoms with E-state index >= 15 is 0 Å². The first kappa shape index (κ1) is 13.1. The van der Waals surface area contributed by atoms with Crippen LogP contribution in [0.5, 0.6) is 5.88 Å². The zero-order valence-corrected chi connectivity index (χ0v) is 12.3. The highest BCUT2D eigenvalue weighted by atomic mass is 16.5. The van der Waals surface area contributed by atoms with Gasteiger partial charge in [-0.1, -0.05) is 0 Å². The summed E-state index contributed by atoms with van der Waals surface area (Å²) < 4.78 is 5.22. The van der Waals surface area contributed by atoms with Crippen molar-refractivity contribution in [1.82, 2.24) is 10.3 Å². The van der Waals surface area contributed by atoms with Gasteiger partial charge in [-0.15, -0.1) is 0 Å². The van der Waals surface area contributed by atoms with Gasteiger partial charge in [0, 0.05) is 49.5 Å². The highest BCUT2D eigenvalue weighted by Crippen LogP contribution is 2.44. The number of pyridine rings is 1. The lowest BCUT2D eigenvalue weighted by molar-refractivity contribution is -0.129. The van der Waals surface area contributed by atoms with Crippen molar-refractivity contribution in [1.29, 1.82) is 0 Å². The minimum atomic E-state index is -0.180. The third kappa shape index (κ3) is 2.20. The second-order valence-electron chi connectivity index (χ2n) is 6.64. The van der Waals surface area contributed by atoms with Crippen LogP contribution in [0.2, 0.25) is 0 Å². The smallest absolute Gasteiger partial charge is 0.214 e. The van der Waals surface area contributed by atoms with E-state index in [1.807, 2.05) is 12.1 Å². The molecule has 112 valence electrons. The standard InChI is InChI=1S/C16H21N3O2/c1-21-14-6-13(4-5-17-14)19-8-12-7-16(10-19,9-18-12)15(20)11-2-3-11/h4-6,11-12,18H,2-3,7-10H2,1H3. The van der Waals surface area contributed by atoms with E-state index in [9.17, 15) is 4.79 Å². The summed E-state index contributed by atoms with van der Waals surface area (Å²) in [5, 5.41) is 3.54. The molecule has 1 aliphatic carbocycles. The van der Waals surface area contributed by atoms with Crippen LogP contribution in [0.25, 0.3) is 0 Å². The van der Waals surface area contributed by atoms with Crippen LogP contribution < -0.4 is 15.0 Å². The number of aromatic nitrogens is 1. The Bertz CT molecular complexity index is 572. The fourth-order valence-electron chi connectivity index (χ4n) is 3.85. The minimum absolute atomic E-state index is 0.180. The average Bonchev–Trinajstić information content (AvgIpc) is 3.32. The van der Waals surface area contributed by atoms with E-state index < -0.39 is 0 Å². The second-order valence-corrected chi connectivity index (χ2v) is 6.64. The normalized spacial score (nSPS) is 31.3. The first-order chi connectivity index (χ1) is 10.2. The van der Waals surface area contributed by atoms with E-state index in [2.05, 4.69) is 15.2 Å². The number of hydrogen-bond acceptors (Lipinski definition) is 5. The van der Waals surface area contributed by atoms with Gasteiger partial charge in [-0.3, -0.25) is 4.79 Å². The van der Waals surface area contributed by atoms with Crippen molar-refractivity contribution >= 4 is 11.5 Å². The zero-order chi connectivity index (χ0) is 14.4. The molecule has 0 radical (unpaired) electrons. The van der Waals surface area contributed by atoms with Gasteiger partial charge < -0.3 is 15.0 Å². The van der Waals surface area contributed by atoms with E-state index in [1.54, 1.807) is 13.3 Å². The Kier molecular flexibility index (Phi) is 2.92. The third-order valence-corrected chi connectivity index (χ3v) is 5.06. The minimum Gasteiger partial charge on any atom is -0.481 e. The molecule has 5 heteroatoms. The van der Waals surface area contributed by atoms with Gasteiger partial charge in [-0.2, -0.15) is 0 Å². The summed E-state index contributed by atoms with van der Waals surface area (Å²) in [5.41, 5.74) is 0.920. The average molecular weight is 287 g/mol. The van der Waals surface area contributed by atoms with Gasteiger partial charge in [0.25, 0.3) is 0 Å². The predicted molar refractivity (Wildman–Crippen MR) is 79.6 cm³/mol. The molecule has 5 nitrogen and oxygen atoms in total. The molecule has 3 fully saturated rings. The van der Waals surface area contributed by atoms with Gasteiger partial charge in [0.1, 0.15) is 5.78 Å². The number of ketones is 1. The second kappa shape index (κ2) is 4.70. The number of carbonyl (C=O) groups excluding carboxylic acids is 1. The van der Waals surface area contributed by atoms with Crippen LogP contribution in [0, 0.1) is 11.3 Å². The van der Waals surface area contributed by atoms with Gasteiger partial charge in [0.05, 0.1) is 12.5 Å². The van der Waals surface area contributed by atoms with Crippen LogP contribution in [0.4, 0.5) is 5.69 Å². The first-order valence-corrected chi connectivity index (χ1v) is 7.73. The molecule has 2 aliphatic heterocycles. The van der Waals surface area contributed by atoms with Crippen molar-refractivity contribution in [2.24, 2.45) is 11.3 Å². The highest BCUT2D eigenvalue weighted by Gasteiger charge is 2.53. The number of Topliss-reactive ketones (excluding diaryl/α,β-unsaturated/α-hetero) is 1. The third-order valence-electron chi connectivity index (χ3n) is 5.06. The van der Waals surface area contributed by atoms with Crippen molar-refractivity contribution in [3.63, 3.8) is 0 Å². The monoisotopic (exact) mass is 287 g/mol. The Hall–Kier alpha value is -1.62. The molecule has 1 saturated carbocycles. The number of fused-ring (bicyclic) bond motifs is 2. The fourth-order valence-corrected chi connectivity index (χ4v) is 3.85. The van der Waals surface area contributed by atoms with Gasteiger partial charge in [0.2, 0.25) is 5.88 Å². The Labute approximate surface area is 124 Å². The van der Waals surface area contributed by atoms with E-state index in [0.29, 0.717) is 23.6 Å². The van der Waals surface area contributed by atoms with Crippen molar-refractivity contribution in [3.05, 3.63) is 18.3 Å². The summed E-state index contributed by atoms with van der Waals surface area (Å²) >= 11 is 0. The van der Waals surface area contributed by atoms with E-state index in [1.165, 1.54) is 0 Å². The molecule has 0 amide bonds. The number of hydrogen-bond donors (Lipinski definition) is 1. The number of rotatable bonds is 4. The molecule has 21 heavy (non-hydrogen) atoms. The van der Waals surface area contributed by atoms with Crippen LogP contribution >= 0.6 is 0 Å². The molecule has 0 spiro atoms. The van der Waals surface area contributed by atoms with Crippen LogP contribution in [0.1, 0.15) is 19.3 Å². The Morgan fingerprint density at radius 3 is 3.14 bits per heavy atom. The lowest BCUT2D eigenvalue weighted by Gasteiger charge is -2.39. The summed E-state index contributed by atoms with van der Waals surface area (Å²) in [5.74, 6) is 1.45. The molecule has 1 N–H and O–H groups in total. The number of carbonyl (C=O) groups is 1. The summed E-state index contributed by atoms with van der Waals surface area (Å²) in [7, 11) is 1.63. The maximum absolute atomic E-state index is 12.7. The topological polar surface area (TPSA) is 54.5 Å². The molecule has 2 saturated heterocycles. The molecular weight excluding hydrogens is 266 g/mol. The summed E-state index contributed by atoms with van der Waals surface area (Å²) in [6.45, 7) is 2.61. The molecule has 3 aliphatic rings. The molecule has 1 aromatic heterocycles. The highest BCUT2D eigenvalue weighted by molar-refractivity contribution is 5.90. The van der Waals surface area contributed by atoms with Crippen molar-refractivity contribution in [3.8, 4) is 5.88 Å². The lowest BCUT2D eigenvalue weighted by atomic mass is 9.76. The predicted octanol–water partition coefficient (Wildman–Crippen LogP) is 1.24. The Morgan fingerprint density at radius 2 is 2.38 bits per heavy atom. The number of ether oxygens (including phenoxy) is 1. The fraction of sp³-hybridized carbons (Fsp3) is 0.625. The molecule has 3 heterocycles. The zero-order valence-electron chi connectivity index (χ0n) is 12.3. The molecular formula is C16H21N3O2. The van der Waals surface area contributed by atoms with Gasteiger partial charge in [-0.25, -0.2) is 4.98 Å². The maximum atomic E-state index is 12.7. The molecule has 1 aromatic rings. The molecule has 0 aromatic carbocycles. The lowest BCUT2D eigenvalue weighted by Crippen LogP contribution is -2.50. The van der Waals surface area contributed by atoms with Crippen molar-refractivity contribution in [2.45, 2.75) is 25.3 Å². The van der Waals surface area contributed by atoms with Gasteiger partial charge in [-0.05, 0) is 25.3 Å². The number of nitrogens with one attached hydrogen (secondary N) is 1. The van der Waals surface area contributed by atoms with Gasteiger partial charge in [0.15, 0.2) is 0 Å². The Morgan fingerprint density at radius 1 is 1.52 bits per heavy atom. The number of methoxy groups -OCH3 is 1. The number of nitrogens with zero attached hydrogens (tertiary/aromatic N) is 2. The molecule has 2 atom stereocenters. The molecule has 2 unspecified atom stereocenters. The largest absolute Gasteiger partial charge is 0.481 e. The van der Waals surface area contributed by atoms with E-state index in [-0.39, 0.29) is 5.41 Å². The maximum Gasteiger partial charge on any atom is 0.214 e. The van der Waals surface area contributed by atoms with E-state index in [4.69, 9.17) is 4.74 Å². The number of piperidine rings is 1. The van der Waals surface area contributed by atoms with Crippen LogP contribution in [-0.4, -0.2) is 43.6 Å². The molecule has 4 rings (SSSR count). The van der Waals surface area contributed by atoms with E-state index in [0.717, 1.165) is 44.6 Å². The summed E-state index contributed by atoms with van der Waals surface area (Å²) in [6.07, 6.45) is 4.96. The first-order valence-electron chi connectivity index (χ1n) is 7.73. The van der Waals surface area contributed by atoms with Crippen LogP contribution in [0.15, 0.2) is 18.3 Å². The Balaban J connectivity index is 1.61. The van der Waals surface area contributed by atoms with Crippen LogP contribution in [0.3, 0.4) is 0 Å². The summed E-state index contributed by atoms with van der Waals surface area (Å²) in [4.78, 5) is 19.2. The summed E-state index contributed by atoms with van der Waals surface area (Å²) in [6, 6.07) is 4.38. The van der Waals surface area contributed by atoms with Crippen molar-refractivity contribution < 1.29 is 9.53 Å².